The summed E-state index contributed by atoms with van der Waals surface area (Å²) >= 11 is 9.12. The summed E-state index contributed by atoms with van der Waals surface area (Å²) in [5, 5.41) is 22.1. The number of carbonyl (C=O) groups is 1. The van der Waals surface area contributed by atoms with Gasteiger partial charge in [-0.25, -0.2) is 9.48 Å². The topological polar surface area (TPSA) is 78.9 Å². The third kappa shape index (κ3) is 2.23. The molecule has 0 saturated carbocycles. The van der Waals surface area contributed by atoms with Gasteiger partial charge in [0, 0.05) is 6.07 Å². The molecule has 0 fully saturated rings. The Morgan fingerprint density at radius 2 is 2.22 bits per heavy atom. The third-order valence-electron chi connectivity index (χ3n) is 2.20. The zero-order valence-corrected chi connectivity index (χ0v) is 11.1. The monoisotopic (exact) mass is 325 g/mol. The van der Waals surface area contributed by atoms with Crippen LogP contribution in [0.1, 0.15) is 16.1 Å². The molecule has 0 bridgehead atoms. The molecule has 90 valence electrons. The van der Waals surface area contributed by atoms with Crippen LogP contribution in [0, 0.1) is 11.3 Å². The second kappa shape index (κ2) is 4.80. The molecule has 0 spiro atoms. The normalized spacial score (nSPS) is 10.1. The van der Waals surface area contributed by atoms with Gasteiger partial charge in [-0.2, -0.15) is 10.4 Å². The summed E-state index contributed by atoms with van der Waals surface area (Å²) in [5.41, 5.74) is 0.777. The minimum absolute atomic E-state index is 0.0199. The Bertz CT molecular complexity index is 675. The molecule has 7 heteroatoms. The van der Waals surface area contributed by atoms with Crippen LogP contribution >= 0.6 is 27.5 Å². The molecule has 0 unspecified atom stereocenters. The molecule has 0 radical (unpaired) electrons. The molecule has 0 aliphatic carbocycles. The van der Waals surface area contributed by atoms with Crippen molar-refractivity contribution in [2.24, 2.45) is 0 Å². The maximum Gasteiger partial charge on any atom is 0.354 e. The lowest BCUT2D eigenvalue weighted by Crippen LogP contribution is -2.08. The van der Waals surface area contributed by atoms with Crippen molar-refractivity contribution in [2.75, 3.05) is 0 Å². The Hall–Kier alpha value is -1.84. The summed E-state index contributed by atoms with van der Waals surface area (Å²) in [7, 11) is 0. The van der Waals surface area contributed by atoms with E-state index < -0.39 is 5.97 Å². The lowest BCUT2D eigenvalue weighted by Gasteiger charge is -2.06. The number of nitriles is 1. The van der Waals surface area contributed by atoms with Gasteiger partial charge in [0.25, 0.3) is 0 Å². The van der Waals surface area contributed by atoms with Gasteiger partial charge in [-0.1, -0.05) is 11.6 Å². The molecule has 1 aromatic heterocycles. The average molecular weight is 327 g/mol. The number of carboxylic acid groups (broad SMARTS) is 1. The highest BCUT2D eigenvalue weighted by Gasteiger charge is 2.16. The first kappa shape index (κ1) is 12.6. The summed E-state index contributed by atoms with van der Waals surface area (Å²) in [6.07, 6.45) is 0. The highest BCUT2D eigenvalue weighted by Crippen LogP contribution is 2.24. The van der Waals surface area contributed by atoms with E-state index >= 15 is 0 Å². The standard InChI is InChI=1S/C11H5BrClN3O2/c12-10-4-9(11(17)18)16(15-10)8-2-1-6(5-14)3-7(8)13/h1-4H,(H,17,18). The molecule has 2 rings (SSSR count). The van der Waals surface area contributed by atoms with Gasteiger partial charge in [-0.3, -0.25) is 0 Å². The number of rotatable bonds is 2. The van der Waals surface area contributed by atoms with E-state index in [1.807, 2.05) is 6.07 Å². The summed E-state index contributed by atoms with van der Waals surface area (Å²) in [6.45, 7) is 0. The number of hydrogen-bond acceptors (Lipinski definition) is 3. The Labute approximate surface area is 115 Å². The summed E-state index contributed by atoms with van der Waals surface area (Å²) < 4.78 is 1.59. The van der Waals surface area contributed by atoms with Crippen molar-refractivity contribution in [2.45, 2.75) is 0 Å². The average Bonchev–Trinajstić information content (AvgIpc) is 2.71. The van der Waals surface area contributed by atoms with Crippen LogP contribution in [0.2, 0.25) is 5.02 Å². The van der Waals surface area contributed by atoms with E-state index in [0.29, 0.717) is 15.9 Å². The van der Waals surface area contributed by atoms with Crippen molar-refractivity contribution in [3.05, 3.63) is 45.1 Å². The van der Waals surface area contributed by atoms with Crippen LogP contribution in [-0.4, -0.2) is 20.9 Å². The van der Waals surface area contributed by atoms with Gasteiger partial charge in [0.2, 0.25) is 0 Å². The summed E-state index contributed by atoms with van der Waals surface area (Å²) in [4.78, 5) is 11.1. The second-order valence-electron chi connectivity index (χ2n) is 3.35. The Morgan fingerprint density at radius 1 is 1.50 bits per heavy atom. The van der Waals surface area contributed by atoms with Crippen LogP contribution in [0.3, 0.4) is 0 Å². The fourth-order valence-electron chi connectivity index (χ4n) is 1.44. The van der Waals surface area contributed by atoms with Gasteiger partial charge in [-0.15, -0.1) is 0 Å². The van der Waals surface area contributed by atoms with Crippen molar-refractivity contribution < 1.29 is 9.90 Å². The Balaban J connectivity index is 2.63. The van der Waals surface area contributed by atoms with Crippen LogP contribution in [0.4, 0.5) is 0 Å². The number of benzene rings is 1. The van der Waals surface area contributed by atoms with E-state index in [4.69, 9.17) is 22.0 Å². The number of hydrogen-bond donors (Lipinski definition) is 1. The van der Waals surface area contributed by atoms with Crippen LogP contribution in [0.25, 0.3) is 5.69 Å². The van der Waals surface area contributed by atoms with Crippen LogP contribution in [-0.2, 0) is 0 Å². The predicted octanol–water partition coefficient (Wildman–Crippen LogP) is 2.86. The first-order chi connectivity index (χ1) is 8.52. The largest absolute Gasteiger partial charge is 0.477 e. The van der Waals surface area contributed by atoms with E-state index in [2.05, 4.69) is 21.0 Å². The molecule has 5 nitrogen and oxygen atoms in total. The maximum atomic E-state index is 11.1. The maximum absolute atomic E-state index is 11.1. The van der Waals surface area contributed by atoms with Gasteiger partial charge >= 0.3 is 5.97 Å². The van der Waals surface area contributed by atoms with Crippen molar-refractivity contribution >= 4 is 33.5 Å². The Morgan fingerprint density at radius 3 is 2.78 bits per heavy atom. The number of nitrogens with zero attached hydrogens (tertiary/aromatic N) is 3. The molecule has 1 aromatic carbocycles. The lowest BCUT2D eigenvalue weighted by molar-refractivity contribution is 0.0687. The minimum atomic E-state index is -1.12. The summed E-state index contributed by atoms with van der Waals surface area (Å²) in [5.74, 6) is -1.12. The first-order valence-electron chi connectivity index (χ1n) is 4.72. The minimum Gasteiger partial charge on any atom is -0.477 e. The molecule has 2 aromatic rings. The molecule has 0 amide bonds. The third-order valence-corrected chi connectivity index (χ3v) is 2.89. The van der Waals surface area contributed by atoms with E-state index in [0.717, 1.165) is 0 Å². The number of halogens is 2. The zero-order chi connectivity index (χ0) is 13.3. The zero-order valence-electron chi connectivity index (χ0n) is 8.76. The SMILES string of the molecule is N#Cc1ccc(-n2nc(Br)cc2C(=O)O)c(Cl)c1. The predicted molar refractivity (Wildman–Crippen MR) is 67.9 cm³/mol. The van der Waals surface area contributed by atoms with Crippen LogP contribution in [0.15, 0.2) is 28.9 Å². The number of aromatic nitrogens is 2. The van der Waals surface area contributed by atoms with Crippen LogP contribution < -0.4 is 0 Å². The molecule has 1 N–H and O–H groups in total. The van der Waals surface area contributed by atoms with Crippen molar-refractivity contribution in [3.8, 4) is 11.8 Å². The number of carboxylic acids is 1. The van der Waals surface area contributed by atoms with E-state index in [1.165, 1.54) is 16.8 Å². The van der Waals surface area contributed by atoms with Crippen molar-refractivity contribution in [1.29, 1.82) is 5.26 Å². The molecule has 0 aliphatic heterocycles. The molecule has 18 heavy (non-hydrogen) atoms. The molecular formula is C11H5BrClN3O2. The fraction of sp³-hybridized carbons (Fsp3) is 0. The number of aromatic carboxylic acids is 1. The molecule has 0 aliphatic rings. The lowest BCUT2D eigenvalue weighted by atomic mass is 10.2. The van der Waals surface area contributed by atoms with Gasteiger partial charge in [0.05, 0.1) is 22.3 Å². The first-order valence-corrected chi connectivity index (χ1v) is 5.89. The van der Waals surface area contributed by atoms with E-state index in [1.54, 1.807) is 12.1 Å². The fourth-order valence-corrected chi connectivity index (χ4v) is 2.07. The van der Waals surface area contributed by atoms with Crippen LogP contribution in [0.5, 0.6) is 0 Å². The highest BCUT2D eigenvalue weighted by molar-refractivity contribution is 9.10. The van der Waals surface area contributed by atoms with Crippen molar-refractivity contribution in [1.82, 2.24) is 9.78 Å². The van der Waals surface area contributed by atoms with Gasteiger partial charge < -0.3 is 5.11 Å². The van der Waals surface area contributed by atoms with Gasteiger partial charge in [0.1, 0.15) is 4.60 Å². The summed E-state index contributed by atoms with van der Waals surface area (Å²) in [6, 6.07) is 7.87. The molecular weight excluding hydrogens is 321 g/mol. The molecule has 0 atom stereocenters. The van der Waals surface area contributed by atoms with E-state index in [-0.39, 0.29) is 10.7 Å². The molecule has 1 heterocycles. The molecule has 0 saturated heterocycles. The Kier molecular flexibility index (Phi) is 3.36. The highest BCUT2D eigenvalue weighted by atomic mass is 79.9. The van der Waals surface area contributed by atoms with Gasteiger partial charge in [-0.05, 0) is 34.1 Å². The van der Waals surface area contributed by atoms with Crippen molar-refractivity contribution in [3.63, 3.8) is 0 Å². The second-order valence-corrected chi connectivity index (χ2v) is 4.57. The quantitative estimate of drug-likeness (QED) is 0.920. The smallest absolute Gasteiger partial charge is 0.354 e. The van der Waals surface area contributed by atoms with E-state index in [9.17, 15) is 4.79 Å². The van der Waals surface area contributed by atoms with Gasteiger partial charge in [0.15, 0.2) is 5.69 Å².